The monoisotopic (exact) mass is 617 g/mol. The Bertz CT molecular complexity index is 2300. The van der Waals surface area contributed by atoms with E-state index in [1.165, 1.54) is 60.3 Å². The molecule has 220 valence electrons. The highest BCUT2D eigenvalue weighted by molar-refractivity contribution is 8.00. The molecule has 0 aromatic heterocycles. The molecule has 0 N–H and O–H groups in total. The van der Waals surface area contributed by atoms with Gasteiger partial charge in [0.05, 0.1) is 22.0 Å². The number of hydrogen-bond donors (Lipinski definition) is 0. The number of anilines is 9. The van der Waals surface area contributed by atoms with Gasteiger partial charge in [0.15, 0.2) is 0 Å². The zero-order chi connectivity index (χ0) is 30.9. The van der Waals surface area contributed by atoms with Gasteiger partial charge < -0.3 is 14.7 Å². The zero-order valence-corrected chi connectivity index (χ0v) is 26.3. The molecule has 7 aromatic rings. The fourth-order valence-corrected chi connectivity index (χ4v) is 8.90. The van der Waals surface area contributed by atoms with Crippen molar-refractivity contribution in [1.29, 1.82) is 0 Å². The Morgan fingerprint density at radius 3 is 1.43 bits per heavy atom. The van der Waals surface area contributed by atoms with Gasteiger partial charge in [0.1, 0.15) is 0 Å². The Hall–Kier alpha value is -5.65. The van der Waals surface area contributed by atoms with E-state index in [0.717, 1.165) is 17.1 Å². The van der Waals surface area contributed by atoms with Crippen molar-refractivity contribution in [2.75, 3.05) is 14.7 Å². The summed E-state index contributed by atoms with van der Waals surface area (Å²) >= 11 is 1.89. The number of para-hydroxylation sites is 6. The standard InChI is InChI=1S/C42H28BN3S/c1-4-16-29(17-5-1)44-34-24-12-10-22-32(34)43-33-23-11-13-25-35(33)46(31-20-8-3-9-21-31)41-40(43)37(44)28-38-42(41)47-39-27-15-14-26-36(39)45(38)30-18-6-2-7-19-30/h1-28H. The van der Waals surface area contributed by atoms with Gasteiger partial charge in [0, 0.05) is 39.0 Å². The lowest BCUT2D eigenvalue weighted by Crippen LogP contribution is -2.61. The van der Waals surface area contributed by atoms with Crippen LogP contribution in [-0.4, -0.2) is 6.71 Å². The largest absolute Gasteiger partial charge is 0.311 e. The first-order valence-corrected chi connectivity index (χ1v) is 16.9. The van der Waals surface area contributed by atoms with Crippen molar-refractivity contribution >= 4 is 86.0 Å². The second-order valence-electron chi connectivity index (χ2n) is 12.1. The summed E-state index contributed by atoms with van der Waals surface area (Å²) in [5.41, 5.74) is 14.8. The van der Waals surface area contributed by atoms with Crippen LogP contribution in [-0.2, 0) is 0 Å². The van der Waals surface area contributed by atoms with Gasteiger partial charge in [0.25, 0.3) is 6.71 Å². The molecular formula is C42H28BN3S. The molecule has 3 aliphatic heterocycles. The van der Waals surface area contributed by atoms with Crippen molar-refractivity contribution < 1.29 is 0 Å². The molecule has 10 rings (SSSR count). The number of benzene rings is 7. The fourth-order valence-electron chi connectivity index (χ4n) is 7.72. The maximum absolute atomic E-state index is 2.52. The minimum atomic E-state index is 0.0839. The summed E-state index contributed by atoms with van der Waals surface area (Å²) in [6, 6.07) is 61.8. The van der Waals surface area contributed by atoms with E-state index in [2.05, 4.69) is 185 Å². The highest BCUT2D eigenvalue weighted by atomic mass is 32.2. The van der Waals surface area contributed by atoms with Gasteiger partial charge >= 0.3 is 0 Å². The van der Waals surface area contributed by atoms with Gasteiger partial charge in [0.2, 0.25) is 0 Å². The van der Waals surface area contributed by atoms with Crippen LogP contribution in [0.5, 0.6) is 0 Å². The van der Waals surface area contributed by atoms with E-state index in [1.54, 1.807) is 0 Å². The molecule has 0 fully saturated rings. The van der Waals surface area contributed by atoms with Gasteiger partial charge in [-0.2, -0.15) is 0 Å². The van der Waals surface area contributed by atoms with E-state index in [9.17, 15) is 0 Å². The van der Waals surface area contributed by atoms with E-state index in [1.807, 2.05) is 11.8 Å². The Morgan fingerprint density at radius 1 is 0.383 bits per heavy atom. The van der Waals surface area contributed by atoms with Crippen LogP contribution in [0.4, 0.5) is 51.2 Å². The molecule has 0 saturated carbocycles. The Kier molecular flexibility index (Phi) is 5.90. The number of rotatable bonds is 3. The first-order valence-electron chi connectivity index (χ1n) is 16.1. The lowest BCUT2D eigenvalue weighted by atomic mass is 9.33. The maximum Gasteiger partial charge on any atom is 0.252 e. The SMILES string of the molecule is c1ccc(N2c3ccccc3Sc3c2cc2c4c3N(c3ccccc3)c3ccccc3B4c3ccccc3N2c2ccccc2)cc1. The highest BCUT2D eigenvalue weighted by Crippen LogP contribution is 2.58. The predicted molar refractivity (Wildman–Crippen MR) is 199 cm³/mol. The zero-order valence-electron chi connectivity index (χ0n) is 25.5. The maximum atomic E-state index is 2.52. The molecule has 3 aliphatic rings. The highest BCUT2D eigenvalue weighted by Gasteiger charge is 2.46. The third kappa shape index (κ3) is 3.90. The van der Waals surface area contributed by atoms with Gasteiger partial charge in [-0.25, -0.2) is 0 Å². The van der Waals surface area contributed by atoms with Gasteiger partial charge in [-0.3, -0.25) is 0 Å². The summed E-state index contributed by atoms with van der Waals surface area (Å²) in [4.78, 5) is 9.98. The molecule has 0 spiro atoms. The Balaban J connectivity index is 1.38. The quantitative estimate of drug-likeness (QED) is 0.183. The molecule has 7 aromatic carbocycles. The van der Waals surface area contributed by atoms with Crippen molar-refractivity contribution in [3.05, 3.63) is 170 Å². The van der Waals surface area contributed by atoms with Crippen LogP contribution >= 0.6 is 11.8 Å². The van der Waals surface area contributed by atoms with Crippen molar-refractivity contribution in [3.63, 3.8) is 0 Å². The third-order valence-corrected chi connectivity index (χ3v) is 10.8. The van der Waals surface area contributed by atoms with Crippen molar-refractivity contribution in [2.45, 2.75) is 9.79 Å². The van der Waals surface area contributed by atoms with E-state index in [-0.39, 0.29) is 6.71 Å². The predicted octanol–water partition coefficient (Wildman–Crippen LogP) is 9.70. The summed E-state index contributed by atoms with van der Waals surface area (Å²) in [6.45, 7) is 0.0839. The fraction of sp³-hybridized carbons (Fsp3) is 0. The molecular weight excluding hydrogens is 589 g/mol. The molecule has 3 nitrogen and oxygen atoms in total. The Labute approximate surface area is 279 Å². The van der Waals surface area contributed by atoms with Crippen LogP contribution in [0.2, 0.25) is 0 Å². The van der Waals surface area contributed by atoms with Crippen molar-refractivity contribution in [2.24, 2.45) is 0 Å². The molecule has 47 heavy (non-hydrogen) atoms. The molecule has 0 bridgehead atoms. The second kappa shape index (κ2) is 10.4. The smallest absolute Gasteiger partial charge is 0.252 e. The van der Waals surface area contributed by atoms with Crippen LogP contribution in [0.15, 0.2) is 180 Å². The summed E-state index contributed by atoms with van der Waals surface area (Å²) in [5.74, 6) is 0. The minimum Gasteiger partial charge on any atom is -0.311 e. The van der Waals surface area contributed by atoms with E-state index in [0.29, 0.717) is 0 Å². The van der Waals surface area contributed by atoms with Crippen LogP contribution in [0.1, 0.15) is 0 Å². The first-order chi connectivity index (χ1) is 23.4. The molecule has 0 amide bonds. The summed E-state index contributed by atoms with van der Waals surface area (Å²) in [6.07, 6.45) is 0. The average Bonchev–Trinajstić information content (AvgIpc) is 3.15. The Morgan fingerprint density at radius 2 is 0.830 bits per heavy atom. The van der Waals surface area contributed by atoms with E-state index >= 15 is 0 Å². The molecule has 0 radical (unpaired) electrons. The summed E-state index contributed by atoms with van der Waals surface area (Å²) in [7, 11) is 0. The molecule has 3 heterocycles. The average molecular weight is 618 g/mol. The van der Waals surface area contributed by atoms with Crippen LogP contribution < -0.4 is 31.1 Å². The normalized spacial score (nSPS) is 13.7. The van der Waals surface area contributed by atoms with E-state index < -0.39 is 0 Å². The van der Waals surface area contributed by atoms with Gasteiger partial charge in [-0.1, -0.05) is 115 Å². The summed E-state index contributed by atoms with van der Waals surface area (Å²) in [5, 5.41) is 0. The lowest BCUT2D eigenvalue weighted by molar-refractivity contribution is 1.14. The van der Waals surface area contributed by atoms with Crippen molar-refractivity contribution in [1.82, 2.24) is 0 Å². The lowest BCUT2D eigenvalue weighted by Gasteiger charge is -2.46. The van der Waals surface area contributed by atoms with Crippen LogP contribution in [0, 0.1) is 0 Å². The topological polar surface area (TPSA) is 9.72 Å². The third-order valence-electron chi connectivity index (χ3n) is 9.58. The van der Waals surface area contributed by atoms with Gasteiger partial charge in [-0.15, -0.1) is 0 Å². The molecule has 0 saturated heterocycles. The van der Waals surface area contributed by atoms with Crippen LogP contribution in [0.3, 0.4) is 0 Å². The van der Waals surface area contributed by atoms with Crippen LogP contribution in [0.25, 0.3) is 0 Å². The molecule has 0 atom stereocenters. The molecule has 5 heteroatoms. The summed E-state index contributed by atoms with van der Waals surface area (Å²) < 4.78 is 0. The first kappa shape index (κ1) is 26.6. The number of hydrogen-bond acceptors (Lipinski definition) is 4. The molecule has 0 aliphatic carbocycles. The van der Waals surface area contributed by atoms with Crippen molar-refractivity contribution in [3.8, 4) is 0 Å². The van der Waals surface area contributed by atoms with Gasteiger partial charge in [-0.05, 0) is 83.1 Å². The number of nitrogens with zero attached hydrogens (tertiary/aromatic N) is 3. The minimum absolute atomic E-state index is 0.0839. The second-order valence-corrected chi connectivity index (χ2v) is 13.2. The van der Waals surface area contributed by atoms with E-state index in [4.69, 9.17) is 0 Å². The molecule has 0 unspecified atom stereocenters. The number of fused-ring (bicyclic) bond motifs is 7.